The molecule has 0 aromatic heterocycles. The smallest absolute Gasteiger partial charge is 0.313 e. The van der Waals surface area contributed by atoms with E-state index in [0.29, 0.717) is 6.61 Å². The highest BCUT2D eigenvalue weighted by molar-refractivity contribution is 5.80. The second-order valence-electron chi connectivity index (χ2n) is 6.28. The van der Waals surface area contributed by atoms with Gasteiger partial charge in [0.05, 0.1) is 19.6 Å². The number of ether oxygens (including phenoxy) is 2. The van der Waals surface area contributed by atoms with Gasteiger partial charge in [-0.15, -0.1) is 0 Å². The maximum atomic E-state index is 12.5. The summed E-state index contributed by atoms with van der Waals surface area (Å²) in [6.07, 6.45) is 2.87. The molecule has 1 atom stereocenters. The van der Waals surface area contributed by atoms with E-state index < -0.39 is 0 Å². The minimum Gasteiger partial charge on any atom is -0.496 e. The fraction of sp³-hybridized carbons (Fsp3) is 0.409. The molecule has 0 fully saturated rings. The Bertz CT molecular complexity index is 706. The number of unbranched alkanes of at least 4 members (excludes halogenated alkanes) is 1. The number of carbonyl (C=O) groups excluding carboxylic acids is 1. The van der Waals surface area contributed by atoms with Gasteiger partial charge in [0.25, 0.3) is 0 Å². The van der Waals surface area contributed by atoms with Crippen LogP contribution in [0.5, 0.6) is 5.75 Å². The maximum Gasteiger partial charge on any atom is 0.313 e. The zero-order valence-electron chi connectivity index (χ0n) is 15.7. The van der Waals surface area contributed by atoms with Gasteiger partial charge in [0.15, 0.2) is 0 Å². The van der Waals surface area contributed by atoms with E-state index in [9.17, 15) is 4.79 Å². The van der Waals surface area contributed by atoms with Crippen LogP contribution in [-0.4, -0.2) is 19.7 Å². The first-order chi connectivity index (χ1) is 12.1. The number of rotatable bonds is 8. The standard InChI is InChI=1S/C22H28O3/c1-5-7-10-20(22(23)25-6-2)18-14-16(3)13-17(15-18)19-11-8-9-12-21(19)24-4/h8-9,11-15,20H,5-7,10H2,1-4H3. The van der Waals surface area contributed by atoms with Crippen molar-refractivity contribution in [2.75, 3.05) is 13.7 Å². The van der Waals surface area contributed by atoms with Gasteiger partial charge in [0.1, 0.15) is 5.75 Å². The van der Waals surface area contributed by atoms with Gasteiger partial charge in [-0.1, -0.05) is 61.7 Å². The number of hydrogen-bond donors (Lipinski definition) is 0. The van der Waals surface area contributed by atoms with Crippen molar-refractivity contribution in [2.45, 2.75) is 46.0 Å². The Kier molecular flexibility index (Phi) is 7.05. The lowest BCUT2D eigenvalue weighted by atomic mass is 9.89. The number of para-hydroxylation sites is 1. The van der Waals surface area contributed by atoms with E-state index in [1.54, 1.807) is 7.11 Å². The van der Waals surface area contributed by atoms with Crippen LogP contribution < -0.4 is 4.74 Å². The molecule has 0 bridgehead atoms. The Balaban J connectivity index is 2.46. The second kappa shape index (κ2) is 9.26. The molecule has 0 heterocycles. The van der Waals surface area contributed by atoms with Gasteiger partial charge in [0, 0.05) is 5.56 Å². The van der Waals surface area contributed by atoms with Crippen molar-refractivity contribution < 1.29 is 14.3 Å². The Morgan fingerprint density at radius 1 is 1.12 bits per heavy atom. The first-order valence-corrected chi connectivity index (χ1v) is 9.02. The minimum atomic E-state index is -0.215. The summed E-state index contributed by atoms with van der Waals surface area (Å²) in [5, 5.41) is 0. The summed E-state index contributed by atoms with van der Waals surface area (Å²) in [6.45, 7) is 6.46. The van der Waals surface area contributed by atoms with Gasteiger partial charge in [-0.25, -0.2) is 0 Å². The van der Waals surface area contributed by atoms with E-state index >= 15 is 0 Å². The second-order valence-corrected chi connectivity index (χ2v) is 6.28. The Morgan fingerprint density at radius 3 is 2.56 bits per heavy atom. The number of esters is 1. The number of benzene rings is 2. The summed E-state index contributed by atoms with van der Waals surface area (Å²) < 4.78 is 10.8. The van der Waals surface area contributed by atoms with Crippen molar-refractivity contribution >= 4 is 5.97 Å². The van der Waals surface area contributed by atoms with Crippen molar-refractivity contribution in [3.8, 4) is 16.9 Å². The molecule has 3 nitrogen and oxygen atoms in total. The molecule has 0 aliphatic rings. The van der Waals surface area contributed by atoms with Crippen LogP contribution >= 0.6 is 0 Å². The summed E-state index contributed by atoms with van der Waals surface area (Å²) in [5.74, 6) is 0.487. The Morgan fingerprint density at radius 2 is 1.88 bits per heavy atom. The Labute approximate surface area is 151 Å². The first kappa shape index (κ1) is 19.0. The fourth-order valence-electron chi connectivity index (χ4n) is 3.12. The van der Waals surface area contributed by atoms with Crippen LogP contribution in [0.25, 0.3) is 11.1 Å². The maximum absolute atomic E-state index is 12.5. The average Bonchev–Trinajstić information content (AvgIpc) is 2.62. The third-order valence-electron chi connectivity index (χ3n) is 4.34. The van der Waals surface area contributed by atoms with Gasteiger partial charge in [-0.2, -0.15) is 0 Å². The predicted molar refractivity (Wildman–Crippen MR) is 102 cm³/mol. The third-order valence-corrected chi connectivity index (χ3v) is 4.34. The van der Waals surface area contributed by atoms with Crippen LogP contribution in [0.3, 0.4) is 0 Å². The molecule has 0 N–H and O–H groups in total. The monoisotopic (exact) mass is 340 g/mol. The number of methoxy groups -OCH3 is 1. The minimum absolute atomic E-state index is 0.132. The van der Waals surface area contributed by atoms with E-state index in [4.69, 9.17) is 9.47 Å². The van der Waals surface area contributed by atoms with Crippen molar-refractivity contribution in [1.29, 1.82) is 0 Å². The summed E-state index contributed by atoms with van der Waals surface area (Å²) in [7, 11) is 1.68. The highest BCUT2D eigenvalue weighted by atomic mass is 16.5. The lowest BCUT2D eigenvalue weighted by Gasteiger charge is -2.18. The largest absolute Gasteiger partial charge is 0.496 e. The van der Waals surface area contributed by atoms with Crippen LogP contribution in [0.4, 0.5) is 0 Å². The van der Waals surface area contributed by atoms with E-state index in [0.717, 1.165) is 47.3 Å². The van der Waals surface area contributed by atoms with Crippen LogP contribution in [-0.2, 0) is 9.53 Å². The van der Waals surface area contributed by atoms with Gasteiger partial charge >= 0.3 is 5.97 Å². The van der Waals surface area contributed by atoms with Crippen LogP contribution in [0.2, 0.25) is 0 Å². The molecule has 2 aromatic carbocycles. The lowest BCUT2D eigenvalue weighted by Crippen LogP contribution is -2.16. The van der Waals surface area contributed by atoms with Gasteiger partial charge in [-0.3, -0.25) is 4.79 Å². The SMILES string of the molecule is CCCCC(C(=O)OCC)c1cc(C)cc(-c2ccccc2OC)c1. The summed E-state index contributed by atoms with van der Waals surface area (Å²) >= 11 is 0. The zero-order valence-corrected chi connectivity index (χ0v) is 15.7. The van der Waals surface area contributed by atoms with Crippen molar-refractivity contribution in [3.05, 3.63) is 53.6 Å². The van der Waals surface area contributed by atoms with Crippen LogP contribution in [0.15, 0.2) is 42.5 Å². The summed E-state index contributed by atoms with van der Waals surface area (Å²) in [4.78, 5) is 12.5. The van der Waals surface area contributed by atoms with E-state index in [1.807, 2.05) is 31.2 Å². The topological polar surface area (TPSA) is 35.5 Å². The van der Waals surface area contributed by atoms with Crippen LogP contribution in [0.1, 0.15) is 50.2 Å². The first-order valence-electron chi connectivity index (χ1n) is 9.02. The molecule has 2 aromatic rings. The predicted octanol–water partition coefficient (Wildman–Crippen LogP) is 5.51. The molecule has 2 rings (SSSR count). The normalized spacial score (nSPS) is 11.8. The van der Waals surface area contributed by atoms with E-state index in [2.05, 4.69) is 32.0 Å². The van der Waals surface area contributed by atoms with Gasteiger partial charge in [-0.05, 0) is 37.5 Å². The van der Waals surface area contributed by atoms with E-state index in [1.165, 1.54) is 0 Å². The van der Waals surface area contributed by atoms with Gasteiger partial charge in [0.2, 0.25) is 0 Å². The van der Waals surface area contributed by atoms with Crippen molar-refractivity contribution in [3.63, 3.8) is 0 Å². The van der Waals surface area contributed by atoms with Crippen LogP contribution in [0, 0.1) is 6.92 Å². The molecule has 0 amide bonds. The Hall–Kier alpha value is -2.29. The molecule has 0 radical (unpaired) electrons. The molecule has 0 aliphatic heterocycles. The molecule has 0 saturated heterocycles. The molecule has 25 heavy (non-hydrogen) atoms. The third kappa shape index (κ3) is 4.85. The molecule has 0 aliphatic carbocycles. The van der Waals surface area contributed by atoms with E-state index in [-0.39, 0.29) is 11.9 Å². The molecular formula is C22H28O3. The lowest BCUT2D eigenvalue weighted by molar-refractivity contribution is -0.145. The fourth-order valence-corrected chi connectivity index (χ4v) is 3.12. The van der Waals surface area contributed by atoms with Crippen molar-refractivity contribution in [1.82, 2.24) is 0 Å². The molecule has 0 spiro atoms. The average molecular weight is 340 g/mol. The van der Waals surface area contributed by atoms with Gasteiger partial charge < -0.3 is 9.47 Å². The molecule has 3 heteroatoms. The highest BCUT2D eigenvalue weighted by Gasteiger charge is 2.22. The molecular weight excluding hydrogens is 312 g/mol. The highest BCUT2D eigenvalue weighted by Crippen LogP contribution is 2.34. The number of hydrogen-bond acceptors (Lipinski definition) is 3. The molecule has 1 unspecified atom stereocenters. The molecule has 134 valence electrons. The summed E-state index contributed by atoms with van der Waals surface area (Å²) in [5.41, 5.74) is 4.25. The zero-order chi connectivity index (χ0) is 18.2. The quantitative estimate of drug-likeness (QED) is 0.595. The number of aryl methyl sites for hydroxylation is 1. The van der Waals surface area contributed by atoms with Crippen molar-refractivity contribution in [2.24, 2.45) is 0 Å². The molecule has 0 saturated carbocycles. The number of carbonyl (C=O) groups is 1. The summed E-state index contributed by atoms with van der Waals surface area (Å²) in [6, 6.07) is 14.3.